The SMILES string of the molecule is CC(C)[C@H](C(=O)N1CCC(N)CC1)N1Cc2c(Cl)cnc3[nH]cc(c23)C1=O. The molecule has 2 aliphatic heterocycles. The number of amides is 2. The first-order valence-corrected chi connectivity index (χ1v) is 9.76. The molecule has 0 unspecified atom stereocenters. The molecule has 0 aromatic carbocycles. The van der Waals surface area contributed by atoms with Crippen LogP contribution in [0.3, 0.4) is 0 Å². The number of rotatable bonds is 3. The van der Waals surface area contributed by atoms with Gasteiger partial charge in [-0.1, -0.05) is 25.4 Å². The summed E-state index contributed by atoms with van der Waals surface area (Å²) < 4.78 is 0. The Hall–Kier alpha value is -2.12. The summed E-state index contributed by atoms with van der Waals surface area (Å²) in [4.78, 5) is 37.3. The number of halogens is 1. The molecule has 0 radical (unpaired) electrons. The van der Waals surface area contributed by atoms with Gasteiger partial charge in [0.1, 0.15) is 11.7 Å². The predicted molar refractivity (Wildman–Crippen MR) is 103 cm³/mol. The average Bonchev–Trinajstić information content (AvgIpc) is 3.07. The third-order valence-corrected chi connectivity index (χ3v) is 5.97. The molecule has 0 bridgehead atoms. The summed E-state index contributed by atoms with van der Waals surface area (Å²) in [5, 5.41) is 1.28. The lowest BCUT2D eigenvalue weighted by Crippen LogP contribution is -2.56. The second-order valence-electron chi connectivity index (χ2n) is 7.80. The summed E-state index contributed by atoms with van der Waals surface area (Å²) in [5.74, 6) is -0.183. The van der Waals surface area contributed by atoms with Crippen LogP contribution in [0.1, 0.15) is 42.6 Å². The van der Waals surface area contributed by atoms with E-state index in [0.717, 1.165) is 23.8 Å². The fourth-order valence-corrected chi connectivity index (χ4v) is 4.37. The first-order valence-electron chi connectivity index (χ1n) is 9.38. The maximum atomic E-state index is 13.3. The van der Waals surface area contributed by atoms with E-state index in [4.69, 9.17) is 17.3 Å². The number of hydrogen-bond donors (Lipinski definition) is 2. The van der Waals surface area contributed by atoms with Crippen molar-refractivity contribution in [3.8, 4) is 0 Å². The van der Waals surface area contributed by atoms with Crippen LogP contribution < -0.4 is 5.73 Å². The number of pyridine rings is 1. The molecular weight excluding hydrogens is 366 g/mol. The molecule has 1 atom stereocenters. The summed E-state index contributed by atoms with van der Waals surface area (Å²) in [7, 11) is 0. The molecule has 144 valence electrons. The van der Waals surface area contributed by atoms with Crippen LogP contribution in [0.15, 0.2) is 12.4 Å². The molecule has 3 N–H and O–H groups in total. The van der Waals surface area contributed by atoms with Gasteiger partial charge in [-0.25, -0.2) is 4.98 Å². The van der Waals surface area contributed by atoms with Crippen molar-refractivity contribution in [2.45, 2.75) is 45.3 Å². The van der Waals surface area contributed by atoms with Crippen LogP contribution in [0.2, 0.25) is 5.02 Å². The van der Waals surface area contributed by atoms with E-state index in [-0.39, 0.29) is 23.8 Å². The van der Waals surface area contributed by atoms with E-state index < -0.39 is 6.04 Å². The van der Waals surface area contributed by atoms with E-state index in [9.17, 15) is 9.59 Å². The molecule has 7 nitrogen and oxygen atoms in total. The number of likely N-dealkylation sites (tertiary alicyclic amines) is 1. The predicted octanol–water partition coefficient (Wildman–Crippen LogP) is 2.15. The highest BCUT2D eigenvalue weighted by Gasteiger charge is 2.40. The lowest BCUT2D eigenvalue weighted by Gasteiger charge is -2.40. The van der Waals surface area contributed by atoms with Crippen LogP contribution in [-0.4, -0.2) is 56.8 Å². The molecule has 2 aliphatic rings. The molecule has 0 spiro atoms. The lowest BCUT2D eigenvalue weighted by atomic mass is 9.94. The van der Waals surface area contributed by atoms with Gasteiger partial charge in [-0.2, -0.15) is 0 Å². The van der Waals surface area contributed by atoms with Crippen molar-refractivity contribution in [2.24, 2.45) is 11.7 Å². The van der Waals surface area contributed by atoms with E-state index in [1.807, 2.05) is 18.7 Å². The van der Waals surface area contributed by atoms with Crippen LogP contribution in [0.4, 0.5) is 0 Å². The molecule has 0 aliphatic carbocycles. The number of nitrogens with two attached hydrogens (primary N) is 1. The third kappa shape index (κ3) is 2.99. The van der Waals surface area contributed by atoms with Gasteiger partial charge >= 0.3 is 0 Å². The van der Waals surface area contributed by atoms with Crippen molar-refractivity contribution >= 4 is 34.4 Å². The molecule has 2 aromatic heterocycles. The number of carbonyl (C=O) groups excluding carboxylic acids is 2. The Morgan fingerprint density at radius 2 is 2.07 bits per heavy atom. The van der Waals surface area contributed by atoms with Crippen molar-refractivity contribution in [3.05, 3.63) is 28.5 Å². The molecule has 4 heterocycles. The number of nitrogens with one attached hydrogen (secondary N) is 1. The van der Waals surface area contributed by atoms with Gasteiger partial charge in [0.25, 0.3) is 5.91 Å². The van der Waals surface area contributed by atoms with Crippen molar-refractivity contribution in [1.82, 2.24) is 19.8 Å². The van der Waals surface area contributed by atoms with Crippen molar-refractivity contribution < 1.29 is 9.59 Å². The molecule has 1 saturated heterocycles. The summed E-state index contributed by atoms with van der Waals surface area (Å²) in [6, 6.07) is -0.386. The van der Waals surface area contributed by atoms with Gasteiger partial charge in [0, 0.05) is 49.0 Å². The summed E-state index contributed by atoms with van der Waals surface area (Å²) in [5.41, 5.74) is 7.99. The van der Waals surface area contributed by atoms with Crippen molar-refractivity contribution in [1.29, 1.82) is 0 Å². The van der Waals surface area contributed by atoms with Gasteiger partial charge in [0.2, 0.25) is 5.91 Å². The number of carbonyl (C=O) groups is 2. The number of hydrogen-bond acceptors (Lipinski definition) is 4. The van der Waals surface area contributed by atoms with E-state index in [1.54, 1.807) is 17.3 Å². The highest BCUT2D eigenvalue weighted by molar-refractivity contribution is 6.32. The highest BCUT2D eigenvalue weighted by Crippen LogP contribution is 2.35. The van der Waals surface area contributed by atoms with E-state index in [1.165, 1.54) is 0 Å². The molecule has 0 saturated carbocycles. The Morgan fingerprint density at radius 3 is 2.74 bits per heavy atom. The minimum atomic E-state index is -0.533. The Bertz CT molecular complexity index is 901. The summed E-state index contributed by atoms with van der Waals surface area (Å²) in [6.45, 7) is 5.54. The second kappa shape index (κ2) is 6.80. The van der Waals surface area contributed by atoms with Crippen LogP contribution in [-0.2, 0) is 11.3 Å². The number of aromatic nitrogens is 2. The van der Waals surface area contributed by atoms with Crippen LogP contribution in [0, 0.1) is 5.92 Å². The largest absolute Gasteiger partial charge is 0.345 e. The maximum absolute atomic E-state index is 13.3. The smallest absolute Gasteiger partial charge is 0.257 e. The van der Waals surface area contributed by atoms with Crippen LogP contribution in [0.25, 0.3) is 11.0 Å². The van der Waals surface area contributed by atoms with Gasteiger partial charge in [-0.05, 0) is 18.8 Å². The number of piperidine rings is 1. The molecule has 27 heavy (non-hydrogen) atoms. The Morgan fingerprint density at radius 1 is 1.37 bits per heavy atom. The van der Waals surface area contributed by atoms with Gasteiger partial charge in [0.05, 0.1) is 10.6 Å². The van der Waals surface area contributed by atoms with Crippen LogP contribution in [0.5, 0.6) is 0 Å². The summed E-state index contributed by atoms with van der Waals surface area (Å²) >= 11 is 6.38. The lowest BCUT2D eigenvalue weighted by molar-refractivity contribution is -0.139. The molecule has 8 heteroatoms. The topological polar surface area (TPSA) is 95.3 Å². The van der Waals surface area contributed by atoms with E-state index in [0.29, 0.717) is 35.9 Å². The standard InChI is InChI=1S/C19H24ClN5O2/c1-10(2)16(19(27)24-5-3-11(21)4-6-24)25-9-13-14(20)8-23-17-15(13)12(7-22-17)18(25)26/h7-8,10-11,16H,3-6,9,21H2,1-2H3,(H,22,23)/t16-/m1/s1. The molecule has 2 aromatic rings. The molecule has 4 rings (SSSR count). The number of H-pyrrole nitrogens is 1. The first kappa shape index (κ1) is 18.3. The maximum Gasteiger partial charge on any atom is 0.257 e. The average molecular weight is 390 g/mol. The zero-order valence-corrected chi connectivity index (χ0v) is 16.3. The summed E-state index contributed by atoms with van der Waals surface area (Å²) in [6.07, 6.45) is 4.84. The fraction of sp³-hybridized carbons (Fsp3) is 0.526. The van der Waals surface area contributed by atoms with Gasteiger partial charge in [0.15, 0.2) is 0 Å². The van der Waals surface area contributed by atoms with E-state index in [2.05, 4.69) is 9.97 Å². The minimum absolute atomic E-state index is 0.00865. The third-order valence-electron chi connectivity index (χ3n) is 5.65. The zero-order chi connectivity index (χ0) is 19.3. The van der Waals surface area contributed by atoms with Gasteiger partial charge < -0.3 is 20.5 Å². The Kier molecular flexibility index (Phi) is 4.60. The Balaban J connectivity index is 1.69. The zero-order valence-electron chi connectivity index (χ0n) is 15.5. The quantitative estimate of drug-likeness (QED) is 0.840. The normalized spacial score (nSPS) is 19.2. The molecule has 1 fully saturated rings. The fourth-order valence-electron chi connectivity index (χ4n) is 4.17. The Labute approximate surface area is 162 Å². The molecular formula is C19H24ClN5O2. The first-order chi connectivity index (χ1) is 12.9. The van der Waals surface area contributed by atoms with Crippen molar-refractivity contribution in [3.63, 3.8) is 0 Å². The second-order valence-corrected chi connectivity index (χ2v) is 8.20. The van der Waals surface area contributed by atoms with Gasteiger partial charge in [-0.15, -0.1) is 0 Å². The number of aromatic amines is 1. The molecule has 2 amide bonds. The minimum Gasteiger partial charge on any atom is -0.345 e. The monoisotopic (exact) mass is 389 g/mol. The van der Waals surface area contributed by atoms with Crippen LogP contribution >= 0.6 is 11.6 Å². The van der Waals surface area contributed by atoms with Gasteiger partial charge in [-0.3, -0.25) is 9.59 Å². The van der Waals surface area contributed by atoms with E-state index >= 15 is 0 Å². The number of nitrogens with zero attached hydrogens (tertiary/aromatic N) is 3. The van der Waals surface area contributed by atoms with Crippen molar-refractivity contribution in [2.75, 3.05) is 13.1 Å². The highest BCUT2D eigenvalue weighted by atomic mass is 35.5.